The van der Waals surface area contributed by atoms with E-state index in [1.165, 1.54) is 0 Å². The van der Waals surface area contributed by atoms with Crippen molar-refractivity contribution in [3.05, 3.63) is 29.3 Å². The summed E-state index contributed by atoms with van der Waals surface area (Å²) < 4.78 is 0. The molecule has 0 radical (unpaired) electrons. The molecule has 2 rings (SSSR count). The van der Waals surface area contributed by atoms with Crippen LogP contribution in [0.1, 0.15) is 36.2 Å². The SMILES string of the molecule is Cc1ccc2c(c1)C(=O)CCN2C(=O)C(C)C. The monoisotopic (exact) mass is 231 g/mol. The van der Waals surface area contributed by atoms with Crippen molar-refractivity contribution in [3.63, 3.8) is 0 Å². The van der Waals surface area contributed by atoms with Crippen molar-refractivity contribution in [2.75, 3.05) is 11.4 Å². The fraction of sp³-hybridized carbons (Fsp3) is 0.429. The number of hydrogen-bond donors (Lipinski definition) is 0. The second kappa shape index (κ2) is 4.32. The summed E-state index contributed by atoms with van der Waals surface area (Å²) in [6.07, 6.45) is 0.426. The largest absolute Gasteiger partial charge is 0.311 e. The van der Waals surface area contributed by atoms with Crippen LogP contribution in [-0.4, -0.2) is 18.2 Å². The summed E-state index contributed by atoms with van der Waals surface area (Å²) in [6, 6.07) is 5.69. The van der Waals surface area contributed by atoms with Gasteiger partial charge >= 0.3 is 0 Å². The Morgan fingerprint density at radius 3 is 2.71 bits per heavy atom. The highest BCUT2D eigenvalue weighted by atomic mass is 16.2. The quantitative estimate of drug-likeness (QED) is 0.745. The molecule has 0 atom stereocenters. The topological polar surface area (TPSA) is 37.4 Å². The summed E-state index contributed by atoms with van der Waals surface area (Å²) in [5.74, 6) is 0.177. The molecule has 90 valence electrons. The van der Waals surface area contributed by atoms with Gasteiger partial charge in [-0.25, -0.2) is 0 Å². The van der Waals surface area contributed by atoms with E-state index in [9.17, 15) is 9.59 Å². The molecule has 1 heterocycles. The summed E-state index contributed by atoms with van der Waals surface area (Å²) in [6.45, 7) is 6.22. The lowest BCUT2D eigenvalue weighted by Crippen LogP contribution is -2.39. The Kier molecular flexibility index (Phi) is 3.01. The molecule has 0 aromatic heterocycles. The van der Waals surface area contributed by atoms with Gasteiger partial charge in [0.15, 0.2) is 5.78 Å². The number of amides is 1. The van der Waals surface area contributed by atoms with Crippen LogP contribution in [0.2, 0.25) is 0 Å². The molecule has 0 bridgehead atoms. The number of aryl methyl sites for hydroxylation is 1. The highest BCUT2D eigenvalue weighted by Crippen LogP contribution is 2.29. The zero-order valence-corrected chi connectivity index (χ0v) is 10.5. The fourth-order valence-corrected chi connectivity index (χ4v) is 2.12. The van der Waals surface area contributed by atoms with Gasteiger partial charge < -0.3 is 4.90 Å². The zero-order valence-electron chi connectivity index (χ0n) is 10.5. The smallest absolute Gasteiger partial charge is 0.229 e. The standard InChI is InChI=1S/C14H17NO2/c1-9(2)14(17)15-7-6-13(16)11-8-10(3)4-5-12(11)15/h4-5,8-9H,6-7H2,1-3H3. The highest BCUT2D eigenvalue weighted by molar-refractivity contribution is 6.09. The lowest BCUT2D eigenvalue weighted by molar-refractivity contribution is -0.121. The van der Waals surface area contributed by atoms with Crippen molar-refractivity contribution in [3.8, 4) is 0 Å². The van der Waals surface area contributed by atoms with Gasteiger partial charge in [0.1, 0.15) is 0 Å². The maximum atomic E-state index is 12.1. The molecule has 17 heavy (non-hydrogen) atoms. The van der Waals surface area contributed by atoms with Crippen LogP contribution in [0.3, 0.4) is 0 Å². The summed E-state index contributed by atoms with van der Waals surface area (Å²) >= 11 is 0. The highest BCUT2D eigenvalue weighted by Gasteiger charge is 2.28. The van der Waals surface area contributed by atoms with Crippen LogP contribution in [0.25, 0.3) is 0 Å². The molecule has 0 unspecified atom stereocenters. The van der Waals surface area contributed by atoms with Crippen LogP contribution in [-0.2, 0) is 4.79 Å². The van der Waals surface area contributed by atoms with E-state index in [1.54, 1.807) is 4.90 Å². The number of anilines is 1. The van der Waals surface area contributed by atoms with Crippen molar-refractivity contribution < 1.29 is 9.59 Å². The number of rotatable bonds is 1. The van der Waals surface area contributed by atoms with Crippen LogP contribution in [0, 0.1) is 12.8 Å². The third-order valence-electron chi connectivity index (χ3n) is 3.07. The summed E-state index contributed by atoms with van der Waals surface area (Å²) in [4.78, 5) is 25.6. The van der Waals surface area contributed by atoms with Crippen LogP contribution < -0.4 is 4.90 Å². The first-order valence-electron chi connectivity index (χ1n) is 5.96. The Labute approximate surface area is 101 Å². The molecule has 0 spiro atoms. The number of carbonyl (C=O) groups is 2. The van der Waals surface area contributed by atoms with Gasteiger partial charge in [-0.3, -0.25) is 9.59 Å². The molecular formula is C14H17NO2. The molecule has 0 N–H and O–H groups in total. The van der Waals surface area contributed by atoms with Crippen molar-refractivity contribution >= 4 is 17.4 Å². The average molecular weight is 231 g/mol. The van der Waals surface area contributed by atoms with Crippen LogP contribution in [0.5, 0.6) is 0 Å². The van der Waals surface area contributed by atoms with Gasteiger partial charge in [0.25, 0.3) is 0 Å². The maximum Gasteiger partial charge on any atom is 0.229 e. The molecular weight excluding hydrogens is 214 g/mol. The van der Waals surface area contributed by atoms with Crippen molar-refractivity contribution in [1.82, 2.24) is 0 Å². The van der Waals surface area contributed by atoms with E-state index in [0.717, 1.165) is 11.3 Å². The van der Waals surface area contributed by atoms with Crippen LogP contribution >= 0.6 is 0 Å². The van der Waals surface area contributed by atoms with Gasteiger partial charge in [-0.1, -0.05) is 25.5 Å². The number of Topliss-reactive ketones (excluding diaryl/α,β-unsaturated/α-hetero) is 1. The van der Waals surface area contributed by atoms with E-state index in [-0.39, 0.29) is 17.6 Å². The number of hydrogen-bond acceptors (Lipinski definition) is 2. The van der Waals surface area contributed by atoms with Gasteiger partial charge in [-0.05, 0) is 19.1 Å². The van der Waals surface area contributed by atoms with Crippen molar-refractivity contribution in [2.24, 2.45) is 5.92 Å². The summed E-state index contributed by atoms with van der Waals surface area (Å²) in [5.41, 5.74) is 2.51. The van der Waals surface area contributed by atoms with Gasteiger partial charge in [0, 0.05) is 24.4 Å². The van der Waals surface area contributed by atoms with Gasteiger partial charge in [-0.15, -0.1) is 0 Å². The number of fused-ring (bicyclic) bond motifs is 1. The van der Waals surface area contributed by atoms with E-state index in [4.69, 9.17) is 0 Å². The van der Waals surface area contributed by atoms with Gasteiger partial charge in [-0.2, -0.15) is 0 Å². The molecule has 1 amide bonds. The number of ketones is 1. The molecule has 1 aromatic rings. The normalized spacial score (nSPS) is 15.1. The third kappa shape index (κ3) is 2.09. The van der Waals surface area contributed by atoms with Crippen LogP contribution in [0.4, 0.5) is 5.69 Å². The second-order valence-electron chi connectivity index (χ2n) is 4.84. The maximum absolute atomic E-state index is 12.1. The molecule has 0 saturated carbocycles. The predicted molar refractivity (Wildman–Crippen MR) is 67.3 cm³/mol. The zero-order chi connectivity index (χ0) is 12.6. The first kappa shape index (κ1) is 11.8. The Morgan fingerprint density at radius 1 is 1.35 bits per heavy atom. The molecule has 1 aliphatic heterocycles. The molecule has 3 nitrogen and oxygen atoms in total. The van der Waals surface area contributed by atoms with Gasteiger partial charge in [0.2, 0.25) is 5.91 Å². The number of carbonyl (C=O) groups excluding carboxylic acids is 2. The fourth-order valence-electron chi connectivity index (χ4n) is 2.12. The molecule has 0 aliphatic carbocycles. The van der Waals surface area contributed by atoms with Gasteiger partial charge in [0.05, 0.1) is 5.69 Å². The third-order valence-corrected chi connectivity index (χ3v) is 3.07. The first-order valence-corrected chi connectivity index (χ1v) is 5.96. The molecule has 1 aromatic carbocycles. The predicted octanol–water partition coefficient (Wildman–Crippen LogP) is 2.57. The van der Waals surface area contributed by atoms with E-state index in [2.05, 4.69) is 0 Å². The summed E-state index contributed by atoms with van der Waals surface area (Å²) in [5, 5.41) is 0. The van der Waals surface area contributed by atoms with E-state index >= 15 is 0 Å². The number of nitrogens with zero attached hydrogens (tertiary/aromatic N) is 1. The van der Waals surface area contributed by atoms with E-state index < -0.39 is 0 Å². The Hall–Kier alpha value is -1.64. The molecule has 3 heteroatoms. The average Bonchev–Trinajstić information content (AvgIpc) is 2.29. The molecule has 1 aliphatic rings. The molecule has 0 fully saturated rings. The molecule has 0 saturated heterocycles. The van der Waals surface area contributed by atoms with E-state index in [0.29, 0.717) is 18.5 Å². The Morgan fingerprint density at radius 2 is 2.06 bits per heavy atom. The minimum Gasteiger partial charge on any atom is -0.311 e. The minimum atomic E-state index is -0.0441. The minimum absolute atomic E-state index is 0.0441. The lowest BCUT2D eigenvalue weighted by Gasteiger charge is -2.30. The van der Waals surface area contributed by atoms with E-state index in [1.807, 2.05) is 39.0 Å². The van der Waals surface area contributed by atoms with Crippen molar-refractivity contribution in [1.29, 1.82) is 0 Å². The lowest BCUT2D eigenvalue weighted by atomic mass is 9.97. The van der Waals surface area contributed by atoms with Crippen molar-refractivity contribution in [2.45, 2.75) is 27.2 Å². The van der Waals surface area contributed by atoms with Crippen LogP contribution in [0.15, 0.2) is 18.2 Å². The first-order chi connectivity index (χ1) is 8.00. The Balaban J connectivity index is 2.46. The summed E-state index contributed by atoms with van der Waals surface area (Å²) in [7, 11) is 0. The Bertz CT molecular complexity index is 477. The second-order valence-corrected chi connectivity index (χ2v) is 4.84. The number of benzene rings is 1.